The van der Waals surface area contributed by atoms with E-state index in [1.165, 1.54) is 0 Å². The molecule has 1 N–H and O–H groups in total. The van der Waals surface area contributed by atoms with Crippen molar-refractivity contribution in [2.45, 2.75) is 6.92 Å². The maximum atomic E-state index is 12.2. The van der Waals surface area contributed by atoms with Gasteiger partial charge < -0.3 is 10.1 Å². The number of halogens is 2. The number of ether oxygens (including phenoxy) is 1. The molecule has 4 nitrogen and oxygen atoms in total. The highest BCUT2D eigenvalue weighted by molar-refractivity contribution is 9.10. The van der Waals surface area contributed by atoms with Crippen LogP contribution in [0.4, 0.5) is 5.82 Å². The molecule has 1 aromatic carbocycles. The summed E-state index contributed by atoms with van der Waals surface area (Å²) < 4.78 is 6.74. The monoisotopic (exact) mass is 398 g/mol. The van der Waals surface area contributed by atoms with Gasteiger partial charge in [0.25, 0.3) is 5.91 Å². The summed E-state index contributed by atoms with van der Waals surface area (Å²) in [6, 6.07) is 7.04. The molecule has 0 fully saturated rings. The van der Waals surface area contributed by atoms with Crippen molar-refractivity contribution in [2.24, 2.45) is 0 Å². The third kappa shape index (κ3) is 3.37. The normalized spacial score (nSPS) is 10.2. The average Bonchev–Trinajstić information content (AvgIpc) is 2.41. The number of nitrogens with zero attached hydrogens (tertiary/aromatic N) is 1. The number of amides is 1. The van der Waals surface area contributed by atoms with E-state index in [0.717, 1.165) is 14.5 Å². The van der Waals surface area contributed by atoms with Crippen LogP contribution in [0.25, 0.3) is 0 Å². The highest BCUT2D eigenvalue weighted by Gasteiger charge is 2.11. The summed E-state index contributed by atoms with van der Waals surface area (Å²) in [7, 11) is 1.58. The van der Waals surface area contributed by atoms with Crippen molar-refractivity contribution in [3.8, 4) is 5.75 Å². The fourth-order valence-corrected chi connectivity index (χ4v) is 2.65. The summed E-state index contributed by atoms with van der Waals surface area (Å²) in [5, 5.41) is 2.79. The van der Waals surface area contributed by atoms with Gasteiger partial charge in [-0.05, 0) is 68.6 Å². The summed E-state index contributed by atoms with van der Waals surface area (Å²) in [5.41, 5.74) is 1.42. The maximum absolute atomic E-state index is 12.2. The lowest BCUT2D eigenvalue weighted by atomic mass is 10.2. The first-order valence-electron chi connectivity index (χ1n) is 5.78. The SMILES string of the molecule is COc1ccc(C(=O)Nc2ncc(Br)cc2C)cc1Br. The predicted octanol–water partition coefficient (Wildman–Crippen LogP) is 4.18. The second-order valence-corrected chi connectivity index (χ2v) is 5.89. The fraction of sp³-hybridized carbons (Fsp3) is 0.143. The fourth-order valence-electron chi connectivity index (χ4n) is 1.66. The van der Waals surface area contributed by atoms with Crippen LogP contribution in [-0.2, 0) is 0 Å². The number of aryl methyl sites for hydroxylation is 1. The third-order valence-corrected chi connectivity index (χ3v) is 3.74. The molecule has 0 spiro atoms. The molecular weight excluding hydrogens is 388 g/mol. The molecule has 2 rings (SSSR count). The lowest BCUT2D eigenvalue weighted by Crippen LogP contribution is -2.14. The zero-order valence-corrected chi connectivity index (χ0v) is 14.1. The summed E-state index contributed by atoms with van der Waals surface area (Å²) in [4.78, 5) is 16.4. The van der Waals surface area contributed by atoms with Crippen LogP contribution >= 0.6 is 31.9 Å². The molecule has 0 saturated carbocycles. The Kier molecular flexibility index (Phi) is 4.77. The van der Waals surface area contributed by atoms with Gasteiger partial charge >= 0.3 is 0 Å². The van der Waals surface area contributed by atoms with E-state index in [1.54, 1.807) is 31.5 Å². The van der Waals surface area contributed by atoms with E-state index >= 15 is 0 Å². The first kappa shape index (κ1) is 15.0. The lowest BCUT2D eigenvalue weighted by molar-refractivity contribution is 0.102. The van der Waals surface area contributed by atoms with Crippen molar-refractivity contribution >= 4 is 43.6 Å². The Morgan fingerprint density at radius 1 is 1.30 bits per heavy atom. The minimum atomic E-state index is -0.216. The molecule has 0 radical (unpaired) electrons. The highest BCUT2D eigenvalue weighted by Crippen LogP contribution is 2.26. The van der Waals surface area contributed by atoms with Crippen LogP contribution in [0, 0.1) is 6.92 Å². The summed E-state index contributed by atoms with van der Waals surface area (Å²) >= 11 is 6.70. The number of carbonyl (C=O) groups is 1. The Morgan fingerprint density at radius 2 is 2.05 bits per heavy atom. The van der Waals surface area contributed by atoms with Crippen LogP contribution < -0.4 is 10.1 Å². The Labute approximate surface area is 133 Å². The lowest BCUT2D eigenvalue weighted by Gasteiger charge is -2.09. The van der Waals surface area contributed by atoms with Crippen LogP contribution in [0.5, 0.6) is 5.75 Å². The first-order chi connectivity index (χ1) is 9.51. The molecule has 1 aromatic heterocycles. The van der Waals surface area contributed by atoms with Gasteiger partial charge in [0.15, 0.2) is 0 Å². The van der Waals surface area contributed by atoms with Crippen LogP contribution in [0.2, 0.25) is 0 Å². The van der Waals surface area contributed by atoms with Crippen molar-refractivity contribution < 1.29 is 9.53 Å². The summed E-state index contributed by atoms with van der Waals surface area (Å²) in [5.74, 6) is 1.01. The van der Waals surface area contributed by atoms with Gasteiger partial charge in [0, 0.05) is 16.2 Å². The molecule has 0 aliphatic rings. The molecule has 0 aliphatic carbocycles. The molecule has 1 amide bonds. The molecule has 0 bridgehead atoms. The number of hydrogen-bond acceptors (Lipinski definition) is 3. The van der Waals surface area contributed by atoms with E-state index in [4.69, 9.17) is 4.74 Å². The molecule has 1 heterocycles. The Balaban J connectivity index is 2.21. The van der Waals surface area contributed by atoms with E-state index < -0.39 is 0 Å². The number of carbonyl (C=O) groups excluding carboxylic acids is 1. The van der Waals surface area contributed by atoms with Gasteiger partial charge in [0.05, 0.1) is 11.6 Å². The Morgan fingerprint density at radius 3 is 2.65 bits per heavy atom. The predicted molar refractivity (Wildman–Crippen MR) is 85.3 cm³/mol. The van der Waals surface area contributed by atoms with E-state index in [-0.39, 0.29) is 5.91 Å². The van der Waals surface area contributed by atoms with E-state index in [9.17, 15) is 4.79 Å². The van der Waals surface area contributed by atoms with Crippen LogP contribution in [0.15, 0.2) is 39.4 Å². The van der Waals surface area contributed by atoms with Crippen LogP contribution in [0.1, 0.15) is 15.9 Å². The van der Waals surface area contributed by atoms with Crippen molar-refractivity contribution in [3.63, 3.8) is 0 Å². The molecular formula is C14H12Br2N2O2. The second kappa shape index (κ2) is 6.37. The van der Waals surface area contributed by atoms with Crippen molar-refractivity contribution in [1.29, 1.82) is 0 Å². The topological polar surface area (TPSA) is 51.2 Å². The molecule has 104 valence electrons. The number of anilines is 1. The van der Waals surface area contributed by atoms with Gasteiger partial charge in [-0.3, -0.25) is 4.79 Å². The number of aromatic nitrogens is 1. The average molecular weight is 400 g/mol. The third-order valence-electron chi connectivity index (χ3n) is 2.69. The van der Waals surface area contributed by atoms with Gasteiger partial charge in [-0.25, -0.2) is 4.98 Å². The minimum Gasteiger partial charge on any atom is -0.496 e. The first-order valence-corrected chi connectivity index (χ1v) is 7.37. The van der Waals surface area contributed by atoms with Crippen molar-refractivity contribution in [3.05, 3.63) is 50.5 Å². The highest BCUT2D eigenvalue weighted by atomic mass is 79.9. The molecule has 2 aromatic rings. The van der Waals surface area contributed by atoms with Crippen molar-refractivity contribution in [1.82, 2.24) is 4.98 Å². The number of hydrogen-bond donors (Lipinski definition) is 1. The van der Waals surface area contributed by atoms with Gasteiger partial charge in [-0.1, -0.05) is 0 Å². The molecule has 0 saturated heterocycles. The van der Waals surface area contributed by atoms with E-state index in [1.807, 2.05) is 13.0 Å². The molecule has 0 atom stereocenters. The van der Waals surface area contributed by atoms with Crippen LogP contribution in [0.3, 0.4) is 0 Å². The van der Waals surface area contributed by atoms with Gasteiger partial charge in [0.2, 0.25) is 0 Å². The molecule has 6 heteroatoms. The number of methoxy groups -OCH3 is 1. The molecule has 0 aliphatic heterocycles. The quantitative estimate of drug-likeness (QED) is 0.842. The van der Waals surface area contributed by atoms with Gasteiger partial charge in [-0.2, -0.15) is 0 Å². The summed E-state index contributed by atoms with van der Waals surface area (Å²) in [6.45, 7) is 1.89. The van der Waals surface area contributed by atoms with Crippen molar-refractivity contribution in [2.75, 3.05) is 12.4 Å². The summed E-state index contributed by atoms with van der Waals surface area (Å²) in [6.07, 6.45) is 1.65. The second-order valence-electron chi connectivity index (χ2n) is 4.12. The van der Waals surface area contributed by atoms with Gasteiger partial charge in [-0.15, -0.1) is 0 Å². The number of rotatable bonds is 3. The number of benzene rings is 1. The Bertz CT molecular complexity index is 660. The maximum Gasteiger partial charge on any atom is 0.256 e. The van der Waals surface area contributed by atoms with Gasteiger partial charge in [0.1, 0.15) is 11.6 Å². The largest absolute Gasteiger partial charge is 0.496 e. The smallest absolute Gasteiger partial charge is 0.256 e. The van der Waals surface area contributed by atoms with E-state index in [0.29, 0.717) is 17.1 Å². The molecule has 20 heavy (non-hydrogen) atoms. The standard InChI is InChI=1S/C14H12Br2N2O2/c1-8-5-10(15)7-17-13(8)18-14(19)9-3-4-12(20-2)11(16)6-9/h3-7H,1-2H3,(H,17,18,19). The Hall–Kier alpha value is -1.40. The number of pyridine rings is 1. The van der Waals surface area contributed by atoms with Crippen LogP contribution in [-0.4, -0.2) is 18.0 Å². The zero-order chi connectivity index (χ0) is 14.7. The molecule has 0 unspecified atom stereocenters. The number of nitrogens with one attached hydrogen (secondary N) is 1. The minimum absolute atomic E-state index is 0.216. The van der Waals surface area contributed by atoms with E-state index in [2.05, 4.69) is 42.2 Å². The zero-order valence-electron chi connectivity index (χ0n) is 10.9.